The molecule has 0 unspecified atom stereocenters. The fourth-order valence-corrected chi connectivity index (χ4v) is 1.74. The minimum Gasteiger partial charge on any atom is -0.496 e. The van der Waals surface area contributed by atoms with Crippen molar-refractivity contribution >= 4 is 17.8 Å². The third-order valence-electron chi connectivity index (χ3n) is 2.84. The number of rotatable bonds is 5. The van der Waals surface area contributed by atoms with Gasteiger partial charge in [-0.2, -0.15) is 5.10 Å². The Hall–Kier alpha value is -3.22. The molecule has 0 radical (unpaired) electrons. The number of carbonyl (C=O) groups is 1. The molecule has 2 aromatic carbocycles. The summed E-state index contributed by atoms with van der Waals surface area (Å²) in [4.78, 5) is 22.0. The van der Waals surface area contributed by atoms with Crippen LogP contribution in [0.2, 0.25) is 0 Å². The zero-order valence-corrected chi connectivity index (χ0v) is 11.7. The van der Waals surface area contributed by atoms with Crippen molar-refractivity contribution in [1.82, 2.24) is 5.43 Å². The minimum atomic E-state index is -0.482. The van der Waals surface area contributed by atoms with E-state index in [1.54, 1.807) is 24.3 Å². The summed E-state index contributed by atoms with van der Waals surface area (Å²) in [7, 11) is 1.48. The van der Waals surface area contributed by atoms with Crippen molar-refractivity contribution in [2.75, 3.05) is 7.11 Å². The number of hydrogen-bond donors (Lipinski definition) is 1. The number of hydrazone groups is 1. The number of benzene rings is 2. The average molecular weight is 299 g/mol. The van der Waals surface area contributed by atoms with Crippen LogP contribution < -0.4 is 10.2 Å². The molecule has 2 aromatic rings. The number of nitrogens with one attached hydrogen (secondary N) is 1. The van der Waals surface area contributed by atoms with Gasteiger partial charge >= 0.3 is 0 Å². The van der Waals surface area contributed by atoms with Crippen LogP contribution in [0.15, 0.2) is 53.6 Å². The first-order valence-electron chi connectivity index (χ1n) is 6.32. The van der Waals surface area contributed by atoms with Crippen molar-refractivity contribution in [3.8, 4) is 5.75 Å². The maximum Gasteiger partial charge on any atom is 0.275 e. The van der Waals surface area contributed by atoms with Gasteiger partial charge in [-0.3, -0.25) is 14.9 Å². The van der Waals surface area contributed by atoms with Gasteiger partial charge in [-0.25, -0.2) is 5.43 Å². The molecule has 0 fully saturated rings. The molecule has 2 rings (SSSR count). The van der Waals surface area contributed by atoms with Gasteiger partial charge < -0.3 is 4.74 Å². The predicted octanol–water partition coefficient (Wildman–Crippen LogP) is 2.37. The number of para-hydroxylation sites is 1. The summed E-state index contributed by atoms with van der Waals surface area (Å²) in [6.07, 6.45) is 1.40. The molecule has 0 saturated heterocycles. The molecule has 1 N–H and O–H groups in total. The number of nitrogens with zero attached hydrogens (tertiary/aromatic N) is 2. The van der Waals surface area contributed by atoms with Gasteiger partial charge in [-0.05, 0) is 29.8 Å². The fourth-order valence-electron chi connectivity index (χ4n) is 1.74. The first-order valence-corrected chi connectivity index (χ1v) is 6.32. The van der Waals surface area contributed by atoms with E-state index >= 15 is 0 Å². The third-order valence-corrected chi connectivity index (χ3v) is 2.84. The highest BCUT2D eigenvalue weighted by molar-refractivity contribution is 5.97. The number of methoxy groups -OCH3 is 1. The van der Waals surface area contributed by atoms with Crippen LogP contribution in [0, 0.1) is 10.1 Å². The summed E-state index contributed by atoms with van der Waals surface area (Å²) in [5, 5.41) is 14.4. The maximum absolute atomic E-state index is 12.0. The van der Waals surface area contributed by atoms with E-state index in [0.29, 0.717) is 16.9 Å². The summed E-state index contributed by atoms with van der Waals surface area (Å²) in [6, 6.07) is 12.6. The Balaban J connectivity index is 2.02. The molecule has 0 bridgehead atoms. The summed E-state index contributed by atoms with van der Waals surface area (Å²) < 4.78 is 5.09. The molecule has 0 aliphatic heterocycles. The number of ether oxygens (including phenoxy) is 1. The van der Waals surface area contributed by atoms with E-state index in [0.717, 1.165) is 0 Å². The fraction of sp³-hybridized carbons (Fsp3) is 0.0667. The molecule has 7 nitrogen and oxygen atoms in total. The van der Waals surface area contributed by atoms with Gasteiger partial charge in [0.1, 0.15) is 5.75 Å². The van der Waals surface area contributed by atoms with Crippen LogP contribution in [0.1, 0.15) is 15.9 Å². The molecule has 0 heterocycles. The molecule has 7 heteroatoms. The van der Waals surface area contributed by atoms with Crippen molar-refractivity contribution in [3.05, 3.63) is 69.8 Å². The number of hydrogen-bond acceptors (Lipinski definition) is 5. The Morgan fingerprint density at radius 1 is 1.23 bits per heavy atom. The van der Waals surface area contributed by atoms with Crippen LogP contribution in [0.25, 0.3) is 0 Å². The third kappa shape index (κ3) is 3.66. The second-order valence-corrected chi connectivity index (χ2v) is 4.25. The molecule has 0 aromatic heterocycles. The quantitative estimate of drug-likeness (QED) is 0.521. The molecule has 1 amide bonds. The smallest absolute Gasteiger partial charge is 0.275 e. The molecule has 0 atom stereocenters. The molecule has 0 aliphatic carbocycles. The van der Waals surface area contributed by atoms with Crippen LogP contribution in [0.5, 0.6) is 5.75 Å². The summed E-state index contributed by atoms with van der Waals surface area (Å²) in [5.41, 5.74) is 3.37. The van der Waals surface area contributed by atoms with Gasteiger partial charge in [0, 0.05) is 12.1 Å². The molecular weight excluding hydrogens is 286 g/mol. The van der Waals surface area contributed by atoms with E-state index in [2.05, 4.69) is 10.5 Å². The van der Waals surface area contributed by atoms with E-state index in [-0.39, 0.29) is 5.69 Å². The molecule has 0 saturated carbocycles. The number of nitro benzene ring substituents is 1. The van der Waals surface area contributed by atoms with E-state index in [4.69, 9.17) is 4.74 Å². The minimum absolute atomic E-state index is 0.00444. The standard InChI is InChI=1S/C15H13N3O4/c1-22-14-5-3-2-4-13(14)15(19)17-16-10-11-6-8-12(9-7-11)18(20)21/h2-10H,1H3,(H,17,19)/b16-10-. The van der Waals surface area contributed by atoms with Gasteiger partial charge in [0.15, 0.2) is 0 Å². The molecule has 0 spiro atoms. The molecule has 112 valence electrons. The molecular formula is C15H13N3O4. The second-order valence-electron chi connectivity index (χ2n) is 4.25. The zero-order valence-electron chi connectivity index (χ0n) is 11.7. The van der Waals surface area contributed by atoms with Crippen LogP contribution in [0.4, 0.5) is 5.69 Å². The van der Waals surface area contributed by atoms with E-state index < -0.39 is 10.8 Å². The Labute approximate surface area is 126 Å². The van der Waals surface area contributed by atoms with Crippen molar-refractivity contribution in [2.24, 2.45) is 5.10 Å². The normalized spacial score (nSPS) is 10.4. The van der Waals surface area contributed by atoms with Gasteiger partial charge in [-0.1, -0.05) is 12.1 Å². The van der Waals surface area contributed by atoms with Crippen LogP contribution in [0.3, 0.4) is 0 Å². The number of amides is 1. The highest BCUT2D eigenvalue weighted by Crippen LogP contribution is 2.16. The first kappa shape index (κ1) is 15.2. The average Bonchev–Trinajstić information content (AvgIpc) is 2.55. The van der Waals surface area contributed by atoms with Gasteiger partial charge in [-0.15, -0.1) is 0 Å². The highest BCUT2D eigenvalue weighted by Gasteiger charge is 2.10. The van der Waals surface area contributed by atoms with E-state index in [1.807, 2.05) is 0 Å². The topological polar surface area (TPSA) is 93.8 Å². The van der Waals surface area contributed by atoms with Crippen molar-refractivity contribution in [2.45, 2.75) is 0 Å². The van der Waals surface area contributed by atoms with Crippen molar-refractivity contribution in [3.63, 3.8) is 0 Å². The lowest BCUT2D eigenvalue weighted by Gasteiger charge is -2.05. The summed E-state index contributed by atoms with van der Waals surface area (Å²) in [6.45, 7) is 0. The van der Waals surface area contributed by atoms with Gasteiger partial charge in [0.2, 0.25) is 0 Å². The van der Waals surface area contributed by atoms with Crippen molar-refractivity contribution < 1.29 is 14.5 Å². The number of nitro groups is 1. The number of non-ortho nitro benzene ring substituents is 1. The van der Waals surface area contributed by atoms with Gasteiger partial charge in [0.05, 0.1) is 23.8 Å². The lowest BCUT2D eigenvalue weighted by atomic mass is 10.2. The van der Waals surface area contributed by atoms with Gasteiger partial charge in [0.25, 0.3) is 11.6 Å². The Kier molecular flexibility index (Phi) is 4.81. The Morgan fingerprint density at radius 2 is 1.91 bits per heavy atom. The van der Waals surface area contributed by atoms with Crippen LogP contribution in [-0.2, 0) is 0 Å². The molecule has 22 heavy (non-hydrogen) atoms. The zero-order chi connectivity index (χ0) is 15.9. The maximum atomic E-state index is 12.0. The van der Waals surface area contributed by atoms with E-state index in [9.17, 15) is 14.9 Å². The lowest BCUT2D eigenvalue weighted by molar-refractivity contribution is -0.384. The van der Waals surface area contributed by atoms with Crippen molar-refractivity contribution in [1.29, 1.82) is 0 Å². The first-order chi connectivity index (χ1) is 10.6. The lowest BCUT2D eigenvalue weighted by Crippen LogP contribution is -2.18. The monoisotopic (exact) mass is 299 g/mol. The Morgan fingerprint density at radius 3 is 2.55 bits per heavy atom. The van der Waals surface area contributed by atoms with Crippen LogP contribution >= 0.6 is 0 Å². The summed E-state index contributed by atoms with van der Waals surface area (Å²) in [5.74, 6) is 0.0427. The second kappa shape index (κ2) is 6.98. The van der Waals surface area contributed by atoms with E-state index in [1.165, 1.54) is 37.6 Å². The Bertz CT molecular complexity index is 711. The number of carbonyl (C=O) groups excluding carboxylic acids is 1. The van der Waals surface area contributed by atoms with Crippen LogP contribution in [-0.4, -0.2) is 24.2 Å². The predicted molar refractivity (Wildman–Crippen MR) is 81.2 cm³/mol. The molecule has 0 aliphatic rings. The summed E-state index contributed by atoms with van der Waals surface area (Å²) >= 11 is 0. The highest BCUT2D eigenvalue weighted by atomic mass is 16.6. The largest absolute Gasteiger partial charge is 0.496 e. The SMILES string of the molecule is COc1ccccc1C(=O)N/N=C\c1ccc([N+](=O)[O-])cc1.